The predicted octanol–water partition coefficient (Wildman–Crippen LogP) is 3.51. The minimum Gasteiger partial charge on any atom is -0.343 e. The van der Waals surface area contributed by atoms with Crippen LogP contribution in [0.1, 0.15) is 58.4 Å². The fourth-order valence-electron chi connectivity index (χ4n) is 2.78. The summed E-state index contributed by atoms with van der Waals surface area (Å²) in [6, 6.07) is 5.02. The first-order chi connectivity index (χ1) is 13.2. The van der Waals surface area contributed by atoms with Crippen LogP contribution in [-0.4, -0.2) is 44.0 Å². The van der Waals surface area contributed by atoms with Gasteiger partial charge >= 0.3 is 0 Å². The molecule has 0 unspecified atom stereocenters. The Kier molecular flexibility index (Phi) is 9.99. The molecule has 0 radical (unpaired) electrons. The fourth-order valence-corrected chi connectivity index (χ4v) is 3.49. The predicted molar refractivity (Wildman–Crippen MR) is 114 cm³/mol. The molecule has 2 amide bonds. The van der Waals surface area contributed by atoms with Gasteiger partial charge in [0.05, 0.1) is 11.4 Å². The van der Waals surface area contributed by atoms with Crippen molar-refractivity contribution < 1.29 is 18.0 Å². The number of benzene rings is 1. The Morgan fingerprint density at radius 1 is 1.04 bits per heavy atom. The van der Waals surface area contributed by atoms with Gasteiger partial charge in [-0.05, 0) is 56.9 Å². The van der Waals surface area contributed by atoms with Crippen molar-refractivity contribution >= 4 is 33.2 Å². The summed E-state index contributed by atoms with van der Waals surface area (Å²) < 4.78 is 25.9. The number of nitrogens with one attached hydrogen (secondary N) is 2. The van der Waals surface area contributed by atoms with Crippen LogP contribution in [0.25, 0.3) is 0 Å². The topological polar surface area (TPSA) is 95.6 Å². The zero-order chi connectivity index (χ0) is 21.2. The monoisotopic (exact) mass is 411 g/mol. The molecular formula is C20H33N3O4S. The number of hydrogen-bond acceptors (Lipinski definition) is 4. The molecule has 7 nitrogen and oxygen atoms in total. The Morgan fingerprint density at radius 3 is 2.21 bits per heavy atom. The SMILES string of the molecule is CCCN(CCC)C(=O)CCCC(=O)Nc1ccc(NS(=O)(=O)CC)c(C)c1. The number of anilines is 2. The van der Waals surface area contributed by atoms with E-state index in [2.05, 4.69) is 10.0 Å². The zero-order valence-corrected chi connectivity index (χ0v) is 18.2. The number of nitrogens with zero attached hydrogens (tertiary/aromatic N) is 1. The van der Waals surface area contributed by atoms with Gasteiger partial charge in [-0.25, -0.2) is 8.42 Å². The van der Waals surface area contributed by atoms with Gasteiger partial charge in [-0.2, -0.15) is 0 Å². The van der Waals surface area contributed by atoms with Gasteiger partial charge in [0.1, 0.15) is 0 Å². The third kappa shape index (κ3) is 8.29. The molecule has 0 fully saturated rings. The molecule has 0 aliphatic carbocycles. The summed E-state index contributed by atoms with van der Waals surface area (Å²) in [5.41, 5.74) is 1.82. The molecule has 158 valence electrons. The molecule has 0 saturated carbocycles. The van der Waals surface area contributed by atoms with Crippen molar-refractivity contribution in [3.8, 4) is 0 Å². The Balaban J connectivity index is 2.53. The van der Waals surface area contributed by atoms with Crippen LogP contribution in [0, 0.1) is 6.92 Å². The van der Waals surface area contributed by atoms with Crippen LogP contribution in [-0.2, 0) is 19.6 Å². The minimum absolute atomic E-state index is 0.00239. The van der Waals surface area contributed by atoms with E-state index in [1.165, 1.54) is 0 Å². The number of rotatable bonds is 12. The lowest BCUT2D eigenvalue weighted by Gasteiger charge is -2.21. The maximum absolute atomic E-state index is 12.2. The third-order valence-corrected chi connectivity index (χ3v) is 5.58. The van der Waals surface area contributed by atoms with Gasteiger partial charge in [-0.1, -0.05) is 13.8 Å². The maximum atomic E-state index is 12.2. The van der Waals surface area contributed by atoms with E-state index in [0.717, 1.165) is 31.5 Å². The lowest BCUT2D eigenvalue weighted by molar-refractivity contribution is -0.131. The minimum atomic E-state index is -3.34. The van der Waals surface area contributed by atoms with E-state index in [1.54, 1.807) is 32.0 Å². The highest BCUT2D eigenvalue weighted by Crippen LogP contribution is 2.21. The van der Waals surface area contributed by atoms with Gasteiger partial charge in [0.15, 0.2) is 0 Å². The van der Waals surface area contributed by atoms with E-state index in [9.17, 15) is 18.0 Å². The van der Waals surface area contributed by atoms with E-state index in [-0.39, 0.29) is 24.0 Å². The Bertz CT molecular complexity index is 757. The number of sulfonamides is 1. The highest BCUT2D eigenvalue weighted by atomic mass is 32.2. The first-order valence-corrected chi connectivity index (χ1v) is 11.6. The highest BCUT2D eigenvalue weighted by molar-refractivity contribution is 7.92. The lowest BCUT2D eigenvalue weighted by Crippen LogP contribution is -2.32. The summed E-state index contributed by atoms with van der Waals surface area (Å²) in [7, 11) is -3.34. The van der Waals surface area contributed by atoms with Gasteiger partial charge in [0, 0.05) is 31.6 Å². The van der Waals surface area contributed by atoms with Crippen LogP contribution in [0.2, 0.25) is 0 Å². The molecule has 0 bridgehead atoms. The van der Waals surface area contributed by atoms with Gasteiger partial charge in [-0.3, -0.25) is 14.3 Å². The summed E-state index contributed by atoms with van der Waals surface area (Å²) in [6.07, 6.45) is 2.99. The summed E-state index contributed by atoms with van der Waals surface area (Å²) in [5.74, 6) is -0.0658. The Hall–Kier alpha value is -2.09. The summed E-state index contributed by atoms with van der Waals surface area (Å²) in [6.45, 7) is 8.95. The summed E-state index contributed by atoms with van der Waals surface area (Å²) in [5, 5.41) is 2.80. The Labute approximate surface area is 168 Å². The van der Waals surface area contributed by atoms with Crippen LogP contribution >= 0.6 is 0 Å². The van der Waals surface area contributed by atoms with Crippen molar-refractivity contribution in [2.24, 2.45) is 0 Å². The second kappa shape index (κ2) is 11.7. The highest BCUT2D eigenvalue weighted by Gasteiger charge is 2.13. The average molecular weight is 412 g/mol. The molecular weight excluding hydrogens is 378 g/mol. The molecule has 0 heterocycles. The molecule has 8 heteroatoms. The van der Waals surface area contributed by atoms with Crippen molar-refractivity contribution in [2.75, 3.05) is 28.9 Å². The maximum Gasteiger partial charge on any atom is 0.232 e. The summed E-state index contributed by atoms with van der Waals surface area (Å²) >= 11 is 0. The number of hydrogen-bond donors (Lipinski definition) is 2. The first-order valence-electron chi connectivity index (χ1n) is 9.91. The number of carbonyl (C=O) groups is 2. The molecule has 2 N–H and O–H groups in total. The van der Waals surface area contributed by atoms with Crippen molar-refractivity contribution in [1.29, 1.82) is 0 Å². The number of aryl methyl sites for hydroxylation is 1. The Morgan fingerprint density at radius 2 is 1.68 bits per heavy atom. The van der Waals surface area contributed by atoms with Gasteiger partial charge in [0.2, 0.25) is 21.8 Å². The summed E-state index contributed by atoms with van der Waals surface area (Å²) in [4.78, 5) is 26.2. The van der Waals surface area contributed by atoms with Crippen molar-refractivity contribution in [2.45, 2.75) is 59.8 Å². The van der Waals surface area contributed by atoms with Gasteiger partial charge in [0.25, 0.3) is 0 Å². The van der Waals surface area contributed by atoms with E-state index >= 15 is 0 Å². The molecule has 1 aromatic rings. The molecule has 1 rings (SSSR count). The lowest BCUT2D eigenvalue weighted by atomic mass is 10.1. The fraction of sp³-hybridized carbons (Fsp3) is 0.600. The standard InChI is InChI=1S/C20H33N3O4S/c1-5-13-23(14-6-2)20(25)10-8-9-19(24)21-17-11-12-18(16(4)15-17)22-28(26,27)7-3/h11-12,15,22H,5-10,13-14H2,1-4H3,(H,21,24). The van der Waals surface area contributed by atoms with Crippen molar-refractivity contribution in [3.63, 3.8) is 0 Å². The molecule has 0 atom stereocenters. The van der Waals surface area contributed by atoms with Crippen LogP contribution < -0.4 is 10.0 Å². The van der Waals surface area contributed by atoms with Crippen LogP contribution in [0.3, 0.4) is 0 Å². The smallest absolute Gasteiger partial charge is 0.232 e. The molecule has 0 saturated heterocycles. The molecule has 1 aromatic carbocycles. The van der Waals surface area contributed by atoms with Crippen LogP contribution in [0.5, 0.6) is 0 Å². The van der Waals surface area contributed by atoms with E-state index < -0.39 is 10.0 Å². The quantitative estimate of drug-likeness (QED) is 0.550. The van der Waals surface area contributed by atoms with E-state index in [1.807, 2.05) is 18.7 Å². The second-order valence-electron chi connectivity index (χ2n) is 6.82. The zero-order valence-electron chi connectivity index (χ0n) is 17.4. The molecule has 0 aromatic heterocycles. The van der Waals surface area contributed by atoms with E-state index in [0.29, 0.717) is 24.2 Å². The van der Waals surface area contributed by atoms with E-state index in [4.69, 9.17) is 0 Å². The number of amides is 2. The van der Waals surface area contributed by atoms with Crippen molar-refractivity contribution in [1.82, 2.24) is 4.90 Å². The van der Waals surface area contributed by atoms with Crippen LogP contribution in [0.4, 0.5) is 11.4 Å². The molecule has 0 aliphatic heterocycles. The molecule has 28 heavy (non-hydrogen) atoms. The van der Waals surface area contributed by atoms with Gasteiger partial charge < -0.3 is 10.2 Å². The van der Waals surface area contributed by atoms with Crippen LogP contribution in [0.15, 0.2) is 18.2 Å². The second-order valence-corrected chi connectivity index (χ2v) is 8.83. The third-order valence-electron chi connectivity index (χ3n) is 4.29. The number of carbonyl (C=O) groups excluding carboxylic acids is 2. The molecule has 0 spiro atoms. The van der Waals surface area contributed by atoms with Crippen molar-refractivity contribution in [3.05, 3.63) is 23.8 Å². The average Bonchev–Trinajstić information content (AvgIpc) is 2.63. The van der Waals surface area contributed by atoms with Gasteiger partial charge in [-0.15, -0.1) is 0 Å². The normalized spacial score (nSPS) is 11.1. The molecule has 0 aliphatic rings. The first kappa shape index (κ1) is 23.9. The largest absolute Gasteiger partial charge is 0.343 e.